The van der Waals surface area contributed by atoms with Crippen LogP contribution in [0.15, 0.2) is 0 Å². The van der Waals surface area contributed by atoms with Crippen LogP contribution in [0.1, 0.15) is 34.1 Å². The van der Waals surface area contributed by atoms with Gasteiger partial charge >= 0.3 is 5.97 Å². The zero-order chi connectivity index (χ0) is 13.6. The van der Waals surface area contributed by atoms with Gasteiger partial charge in [0.15, 0.2) is 0 Å². The highest BCUT2D eigenvalue weighted by Crippen LogP contribution is 2.13. The lowest BCUT2D eigenvalue weighted by Gasteiger charge is -2.35. The fraction of sp³-hybridized carbons (Fsp3) is 0.727. The van der Waals surface area contributed by atoms with E-state index in [1.807, 2.05) is 20.8 Å². The van der Waals surface area contributed by atoms with Crippen LogP contribution in [0.5, 0.6) is 0 Å². The third-order valence-corrected chi connectivity index (χ3v) is 2.15. The van der Waals surface area contributed by atoms with Crippen LogP contribution in [0, 0.1) is 0 Å². The molecule has 0 aliphatic carbocycles. The Morgan fingerprint density at radius 1 is 1.24 bits per heavy atom. The van der Waals surface area contributed by atoms with Crippen molar-refractivity contribution in [1.82, 2.24) is 10.2 Å². The number of carbonyl (C=O) groups is 3. The second-order valence-electron chi connectivity index (χ2n) is 4.77. The van der Waals surface area contributed by atoms with E-state index >= 15 is 0 Å². The van der Waals surface area contributed by atoms with Gasteiger partial charge in [0.25, 0.3) is 0 Å². The molecule has 0 saturated carbocycles. The molecule has 0 unspecified atom stereocenters. The number of hydrogen-bond donors (Lipinski definition) is 2. The molecule has 6 heteroatoms. The van der Waals surface area contributed by atoms with Crippen LogP contribution in [0.2, 0.25) is 0 Å². The Bertz CT molecular complexity index is 307. The van der Waals surface area contributed by atoms with Gasteiger partial charge in [0.05, 0.1) is 13.0 Å². The third-order valence-electron chi connectivity index (χ3n) is 2.15. The van der Waals surface area contributed by atoms with Gasteiger partial charge in [-0.25, -0.2) is 0 Å². The zero-order valence-electron chi connectivity index (χ0n) is 10.7. The lowest BCUT2D eigenvalue weighted by molar-refractivity contribution is -0.141. The van der Waals surface area contributed by atoms with Crippen molar-refractivity contribution < 1.29 is 19.5 Å². The Morgan fingerprint density at radius 3 is 2.12 bits per heavy atom. The molecular weight excluding hydrogens is 224 g/mol. The van der Waals surface area contributed by atoms with Gasteiger partial charge in [-0.2, -0.15) is 0 Å². The van der Waals surface area contributed by atoms with Crippen molar-refractivity contribution in [3.8, 4) is 0 Å². The minimum Gasteiger partial charge on any atom is -0.481 e. The fourth-order valence-corrected chi connectivity index (χ4v) is 1.34. The molecule has 0 heterocycles. The molecule has 0 aromatic heterocycles. The molecule has 0 atom stereocenters. The summed E-state index contributed by atoms with van der Waals surface area (Å²) in [5, 5.41) is 11.0. The number of aliphatic carboxylic acids is 1. The number of nitrogens with zero attached hydrogens (tertiary/aromatic N) is 1. The highest BCUT2D eigenvalue weighted by atomic mass is 16.4. The molecule has 98 valence electrons. The summed E-state index contributed by atoms with van der Waals surface area (Å²) in [5.74, 6) is -1.52. The Kier molecular flexibility index (Phi) is 5.64. The van der Waals surface area contributed by atoms with Crippen LogP contribution >= 0.6 is 0 Å². The van der Waals surface area contributed by atoms with E-state index in [9.17, 15) is 14.4 Å². The Hall–Kier alpha value is -1.59. The topological polar surface area (TPSA) is 86.7 Å². The van der Waals surface area contributed by atoms with Gasteiger partial charge in [-0.1, -0.05) is 0 Å². The summed E-state index contributed by atoms with van der Waals surface area (Å²) in [7, 11) is 0. The average molecular weight is 244 g/mol. The number of carbonyl (C=O) groups excluding carboxylic acids is 2. The predicted octanol–water partition coefficient (Wildman–Crippen LogP) is 0.224. The van der Waals surface area contributed by atoms with Gasteiger partial charge in [0.2, 0.25) is 11.8 Å². The number of carboxylic acids is 1. The SMILES string of the molecule is CC(=O)NCC(=O)N(CCC(=O)O)C(C)(C)C. The van der Waals surface area contributed by atoms with Crippen molar-refractivity contribution in [2.45, 2.75) is 39.7 Å². The number of hydrogen-bond acceptors (Lipinski definition) is 3. The number of amides is 2. The zero-order valence-corrected chi connectivity index (χ0v) is 10.7. The van der Waals surface area contributed by atoms with Crippen molar-refractivity contribution in [3.63, 3.8) is 0 Å². The van der Waals surface area contributed by atoms with Crippen molar-refractivity contribution in [1.29, 1.82) is 0 Å². The Labute approximate surface area is 101 Å². The average Bonchev–Trinajstić information content (AvgIpc) is 2.12. The first-order valence-electron chi connectivity index (χ1n) is 5.41. The number of carboxylic acid groups (broad SMARTS) is 1. The van der Waals surface area contributed by atoms with Crippen LogP contribution in [0.4, 0.5) is 0 Å². The van der Waals surface area contributed by atoms with E-state index in [0.717, 1.165) is 0 Å². The highest BCUT2D eigenvalue weighted by molar-refractivity contribution is 5.84. The minimum atomic E-state index is -0.952. The summed E-state index contributed by atoms with van der Waals surface area (Å²) in [4.78, 5) is 34.5. The van der Waals surface area contributed by atoms with Crippen LogP contribution < -0.4 is 5.32 Å². The lowest BCUT2D eigenvalue weighted by atomic mass is 10.1. The third kappa shape index (κ3) is 6.55. The van der Waals surface area contributed by atoms with Crippen LogP contribution in [-0.4, -0.2) is 46.4 Å². The molecule has 0 spiro atoms. The van der Waals surface area contributed by atoms with Gasteiger partial charge in [-0.15, -0.1) is 0 Å². The van der Waals surface area contributed by atoms with E-state index in [1.165, 1.54) is 11.8 Å². The lowest BCUT2D eigenvalue weighted by Crippen LogP contribution is -2.50. The minimum absolute atomic E-state index is 0.105. The molecule has 0 rings (SSSR count). The van der Waals surface area contributed by atoms with Crippen molar-refractivity contribution >= 4 is 17.8 Å². The summed E-state index contributed by atoms with van der Waals surface area (Å²) in [5.41, 5.74) is -0.467. The van der Waals surface area contributed by atoms with Gasteiger partial charge < -0.3 is 15.3 Å². The molecule has 0 aliphatic heterocycles. The first-order chi connectivity index (χ1) is 7.64. The second kappa shape index (κ2) is 6.22. The number of rotatable bonds is 5. The quantitative estimate of drug-likeness (QED) is 0.724. The van der Waals surface area contributed by atoms with E-state index < -0.39 is 11.5 Å². The molecule has 0 bridgehead atoms. The molecule has 6 nitrogen and oxygen atoms in total. The molecule has 0 saturated heterocycles. The van der Waals surface area contributed by atoms with Crippen molar-refractivity contribution in [2.24, 2.45) is 0 Å². The molecular formula is C11H20N2O4. The van der Waals surface area contributed by atoms with Gasteiger partial charge in [-0.3, -0.25) is 14.4 Å². The van der Waals surface area contributed by atoms with Crippen LogP contribution in [-0.2, 0) is 14.4 Å². The molecule has 0 aliphatic rings. The Balaban J connectivity index is 4.52. The molecule has 0 fully saturated rings. The van der Waals surface area contributed by atoms with E-state index in [0.29, 0.717) is 0 Å². The summed E-state index contributed by atoms with van der Waals surface area (Å²) >= 11 is 0. The monoisotopic (exact) mass is 244 g/mol. The maximum Gasteiger partial charge on any atom is 0.305 e. The molecule has 0 aromatic carbocycles. The van der Waals surface area contributed by atoms with Crippen LogP contribution in [0.3, 0.4) is 0 Å². The van der Waals surface area contributed by atoms with Crippen LogP contribution in [0.25, 0.3) is 0 Å². The maximum absolute atomic E-state index is 11.8. The Morgan fingerprint density at radius 2 is 1.76 bits per heavy atom. The standard InChI is InChI=1S/C11H20N2O4/c1-8(14)12-7-9(15)13(11(2,3)4)6-5-10(16)17/h5-7H2,1-4H3,(H,12,14)(H,16,17). The van der Waals surface area contributed by atoms with Crippen molar-refractivity contribution in [2.75, 3.05) is 13.1 Å². The van der Waals surface area contributed by atoms with E-state index in [-0.39, 0.29) is 31.3 Å². The van der Waals surface area contributed by atoms with Crippen molar-refractivity contribution in [3.05, 3.63) is 0 Å². The number of nitrogens with one attached hydrogen (secondary N) is 1. The smallest absolute Gasteiger partial charge is 0.305 e. The second-order valence-corrected chi connectivity index (χ2v) is 4.77. The summed E-state index contributed by atoms with van der Waals surface area (Å²) in [6.07, 6.45) is -0.108. The van der Waals surface area contributed by atoms with Gasteiger partial charge in [0.1, 0.15) is 0 Å². The van der Waals surface area contributed by atoms with E-state index in [2.05, 4.69) is 5.32 Å². The maximum atomic E-state index is 11.8. The highest BCUT2D eigenvalue weighted by Gasteiger charge is 2.26. The fourth-order valence-electron chi connectivity index (χ4n) is 1.34. The largest absolute Gasteiger partial charge is 0.481 e. The van der Waals surface area contributed by atoms with Gasteiger partial charge in [0, 0.05) is 19.0 Å². The first kappa shape index (κ1) is 15.4. The predicted molar refractivity (Wildman–Crippen MR) is 62.4 cm³/mol. The van der Waals surface area contributed by atoms with Gasteiger partial charge in [-0.05, 0) is 20.8 Å². The van der Waals surface area contributed by atoms with E-state index in [4.69, 9.17) is 5.11 Å². The van der Waals surface area contributed by atoms with E-state index in [1.54, 1.807) is 0 Å². The normalized spacial score (nSPS) is 10.8. The molecule has 0 radical (unpaired) electrons. The first-order valence-corrected chi connectivity index (χ1v) is 5.41. The summed E-state index contributed by atoms with van der Waals surface area (Å²) < 4.78 is 0. The summed E-state index contributed by atoms with van der Waals surface area (Å²) in [6, 6.07) is 0. The molecule has 2 amide bonds. The molecule has 17 heavy (non-hydrogen) atoms. The molecule has 0 aromatic rings. The molecule has 2 N–H and O–H groups in total. The summed E-state index contributed by atoms with van der Waals surface area (Å²) in [6.45, 7) is 6.82.